The number of likely N-dealkylation sites (N-methyl/N-ethyl adjacent to an activating group) is 1. The molecule has 0 atom stereocenters. The maximum absolute atomic E-state index is 13.5. The van der Waals surface area contributed by atoms with E-state index in [2.05, 4.69) is 5.32 Å². The number of halogens is 2. The van der Waals surface area contributed by atoms with E-state index in [1.165, 1.54) is 11.0 Å². The third kappa shape index (κ3) is 3.81. The summed E-state index contributed by atoms with van der Waals surface area (Å²) in [5.74, 6) is -2.35. The molecule has 1 aromatic rings. The van der Waals surface area contributed by atoms with Crippen LogP contribution in [0.25, 0.3) is 0 Å². The van der Waals surface area contributed by atoms with Crippen LogP contribution >= 0.6 is 0 Å². The van der Waals surface area contributed by atoms with Gasteiger partial charge in [0.05, 0.1) is 6.54 Å². The van der Waals surface area contributed by atoms with Crippen LogP contribution in [0.4, 0.5) is 14.5 Å². The maximum atomic E-state index is 13.5. The smallest absolute Gasteiger partial charge is 0.244 e. The van der Waals surface area contributed by atoms with E-state index in [0.717, 1.165) is 37.8 Å². The van der Waals surface area contributed by atoms with E-state index < -0.39 is 23.2 Å². The van der Waals surface area contributed by atoms with Crippen LogP contribution in [0.2, 0.25) is 0 Å². The average Bonchev–Trinajstić information content (AvgIpc) is 3.02. The number of para-hydroxylation sites is 1. The van der Waals surface area contributed by atoms with Crippen molar-refractivity contribution in [1.82, 2.24) is 4.90 Å². The molecule has 0 aliphatic heterocycles. The lowest BCUT2D eigenvalue weighted by molar-refractivity contribution is -0.138. The Balaban J connectivity index is 1.98. The zero-order chi connectivity index (χ0) is 16.1. The lowest BCUT2D eigenvalue weighted by Gasteiger charge is -2.23. The summed E-state index contributed by atoms with van der Waals surface area (Å²) in [7, 11) is 0. The highest BCUT2D eigenvalue weighted by Crippen LogP contribution is 2.26. The number of hydrogen-bond donors (Lipinski definition) is 1. The fourth-order valence-corrected chi connectivity index (χ4v) is 2.75. The highest BCUT2D eigenvalue weighted by atomic mass is 19.1. The van der Waals surface area contributed by atoms with Crippen LogP contribution < -0.4 is 5.32 Å². The summed E-state index contributed by atoms with van der Waals surface area (Å²) in [5.41, 5.74) is -0.475. The van der Waals surface area contributed by atoms with Crippen molar-refractivity contribution in [2.45, 2.75) is 32.6 Å². The molecule has 1 aliphatic rings. The zero-order valence-electron chi connectivity index (χ0n) is 12.6. The van der Waals surface area contributed by atoms with Gasteiger partial charge in [-0.15, -0.1) is 0 Å². The molecule has 1 aromatic carbocycles. The summed E-state index contributed by atoms with van der Waals surface area (Å²) in [6.07, 6.45) is 3.75. The van der Waals surface area contributed by atoms with Gasteiger partial charge in [-0.05, 0) is 31.9 Å². The second-order valence-electron chi connectivity index (χ2n) is 5.48. The summed E-state index contributed by atoms with van der Waals surface area (Å²) >= 11 is 0. The Morgan fingerprint density at radius 2 is 1.82 bits per heavy atom. The van der Waals surface area contributed by atoms with Crippen molar-refractivity contribution in [3.63, 3.8) is 0 Å². The number of carbonyl (C=O) groups excluding carboxylic acids is 2. The van der Waals surface area contributed by atoms with Crippen LogP contribution in [0, 0.1) is 17.6 Å². The third-order valence-corrected chi connectivity index (χ3v) is 3.96. The molecule has 6 heteroatoms. The second kappa shape index (κ2) is 7.33. The van der Waals surface area contributed by atoms with E-state index in [4.69, 9.17) is 0 Å². The van der Waals surface area contributed by atoms with E-state index in [1.54, 1.807) is 6.92 Å². The van der Waals surface area contributed by atoms with Gasteiger partial charge in [-0.3, -0.25) is 9.59 Å². The lowest BCUT2D eigenvalue weighted by atomic mass is 10.1. The molecule has 0 saturated heterocycles. The van der Waals surface area contributed by atoms with Crippen molar-refractivity contribution in [2.24, 2.45) is 5.92 Å². The average molecular weight is 310 g/mol. The molecular formula is C16H20F2N2O2. The monoisotopic (exact) mass is 310 g/mol. The molecule has 22 heavy (non-hydrogen) atoms. The number of benzene rings is 1. The minimum absolute atomic E-state index is 0.0297. The molecule has 2 amide bonds. The van der Waals surface area contributed by atoms with Crippen molar-refractivity contribution in [3.8, 4) is 0 Å². The summed E-state index contributed by atoms with van der Waals surface area (Å²) in [6, 6.07) is 3.36. The van der Waals surface area contributed by atoms with Crippen LogP contribution in [-0.4, -0.2) is 29.8 Å². The highest BCUT2D eigenvalue weighted by Gasteiger charge is 2.27. The first kappa shape index (κ1) is 16.4. The van der Waals surface area contributed by atoms with E-state index >= 15 is 0 Å². The predicted octanol–water partition coefficient (Wildman–Crippen LogP) is 2.94. The number of rotatable bonds is 5. The lowest BCUT2D eigenvalue weighted by Crippen LogP contribution is -2.40. The SMILES string of the molecule is CCN(CC(=O)Nc1c(F)cccc1F)C(=O)C1CCCC1. The summed E-state index contributed by atoms with van der Waals surface area (Å²) in [4.78, 5) is 25.7. The van der Waals surface area contributed by atoms with Gasteiger partial charge < -0.3 is 10.2 Å². The molecule has 0 radical (unpaired) electrons. The maximum Gasteiger partial charge on any atom is 0.244 e. The summed E-state index contributed by atoms with van der Waals surface area (Å²) < 4.78 is 27.0. The van der Waals surface area contributed by atoms with Crippen LogP contribution in [0.5, 0.6) is 0 Å². The summed E-state index contributed by atoms with van der Waals surface area (Å²) in [6.45, 7) is 1.98. The third-order valence-electron chi connectivity index (χ3n) is 3.96. The predicted molar refractivity (Wildman–Crippen MR) is 79.2 cm³/mol. The number of hydrogen-bond acceptors (Lipinski definition) is 2. The Morgan fingerprint density at radius 3 is 2.36 bits per heavy atom. The first-order chi connectivity index (χ1) is 10.5. The Kier molecular flexibility index (Phi) is 5.46. The normalized spacial score (nSPS) is 14.9. The summed E-state index contributed by atoms with van der Waals surface area (Å²) in [5, 5.41) is 2.21. The molecule has 0 unspecified atom stereocenters. The standard InChI is InChI=1S/C16H20F2N2O2/c1-2-20(16(22)11-6-3-4-7-11)10-14(21)19-15-12(17)8-5-9-13(15)18/h5,8-9,11H,2-4,6-7,10H2,1H3,(H,19,21). The fourth-order valence-electron chi connectivity index (χ4n) is 2.75. The largest absolute Gasteiger partial charge is 0.333 e. The molecule has 1 fully saturated rings. The molecule has 2 rings (SSSR count). The van der Waals surface area contributed by atoms with Gasteiger partial charge in [-0.2, -0.15) is 0 Å². The molecule has 1 saturated carbocycles. The van der Waals surface area contributed by atoms with Gasteiger partial charge in [0.25, 0.3) is 0 Å². The van der Waals surface area contributed by atoms with Gasteiger partial charge in [0, 0.05) is 12.5 Å². The first-order valence-electron chi connectivity index (χ1n) is 7.55. The minimum atomic E-state index is -0.835. The van der Waals surface area contributed by atoms with Crippen molar-refractivity contribution < 1.29 is 18.4 Å². The fraction of sp³-hybridized carbons (Fsp3) is 0.500. The Hall–Kier alpha value is -1.98. The van der Waals surface area contributed by atoms with Crippen molar-refractivity contribution in [2.75, 3.05) is 18.4 Å². The van der Waals surface area contributed by atoms with Crippen molar-refractivity contribution in [3.05, 3.63) is 29.8 Å². The van der Waals surface area contributed by atoms with Gasteiger partial charge in [0.2, 0.25) is 11.8 Å². The van der Waals surface area contributed by atoms with E-state index in [1.807, 2.05) is 0 Å². The van der Waals surface area contributed by atoms with Gasteiger partial charge >= 0.3 is 0 Å². The number of carbonyl (C=O) groups is 2. The number of nitrogens with zero attached hydrogens (tertiary/aromatic N) is 1. The molecule has 1 N–H and O–H groups in total. The number of amides is 2. The van der Waals surface area contributed by atoms with Crippen LogP contribution in [0.1, 0.15) is 32.6 Å². The van der Waals surface area contributed by atoms with E-state index in [-0.39, 0.29) is 18.4 Å². The van der Waals surface area contributed by atoms with Crippen LogP contribution in [0.15, 0.2) is 18.2 Å². The Morgan fingerprint density at radius 1 is 1.23 bits per heavy atom. The van der Waals surface area contributed by atoms with Gasteiger partial charge in [0.1, 0.15) is 17.3 Å². The molecule has 0 spiro atoms. The molecule has 0 bridgehead atoms. The molecule has 0 aromatic heterocycles. The van der Waals surface area contributed by atoms with Gasteiger partial charge in [-0.1, -0.05) is 18.9 Å². The van der Waals surface area contributed by atoms with Crippen LogP contribution in [-0.2, 0) is 9.59 Å². The Bertz CT molecular complexity index is 537. The quantitative estimate of drug-likeness (QED) is 0.909. The highest BCUT2D eigenvalue weighted by molar-refractivity contribution is 5.95. The van der Waals surface area contributed by atoms with Gasteiger partial charge in [0.15, 0.2) is 0 Å². The molecule has 120 valence electrons. The number of anilines is 1. The topological polar surface area (TPSA) is 49.4 Å². The van der Waals surface area contributed by atoms with Crippen LogP contribution in [0.3, 0.4) is 0 Å². The molecule has 0 heterocycles. The second-order valence-corrected chi connectivity index (χ2v) is 5.48. The number of nitrogens with one attached hydrogen (secondary N) is 1. The zero-order valence-corrected chi connectivity index (χ0v) is 12.6. The molecular weight excluding hydrogens is 290 g/mol. The Labute approximate surface area is 128 Å². The molecule has 4 nitrogen and oxygen atoms in total. The van der Waals surface area contributed by atoms with Crippen molar-refractivity contribution in [1.29, 1.82) is 0 Å². The van der Waals surface area contributed by atoms with E-state index in [9.17, 15) is 18.4 Å². The van der Waals surface area contributed by atoms with E-state index in [0.29, 0.717) is 6.54 Å². The van der Waals surface area contributed by atoms with Crippen molar-refractivity contribution >= 4 is 17.5 Å². The molecule has 1 aliphatic carbocycles. The minimum Gasteiger partial charge on any atom is -0.333 e. The van der Waals surface area contributed by atoms with Gasteiger partial charge in [-0.25, -0.2) is 8.78 Å². The first-order valence-corrected chi connectivity index (χ1v) is 7.55.